The van der Waals surface area contributed by atoms with E-state index in [-0.39, 0.29) is 12.0 Å². The van der Waals surface area contributed by atoms with Gasteiger partial charge in [-0.25, -0.2) is 0 Å². The standard InChI is InChI=1S/C10H12ClNO2/c1-7-3-4-9(14-6-11)8(5-7)10(13)12-2/h3-5H,6H2,1-2H3,(H,12,13). The zero-order valence-corrected chi connectivity index (χ0v) is 8.89. The molecule has 0 spiro atoms. The summed E-state index contributed by atoms with van der Waals surface area (Å²) in [5.74, 6) is 0.332. The van der Waals surface area contributed by atoms with E-state index in [2.05, 4.69) is 5.32 Å². The molecule has 0 aromatic heterocycles. The number of ether oxygens (including phenoxy) is 1. The molecule has 0 radical (unpaired) electrons. The number of halogens is 1. The summed E-state index contributed by atoms with van der Waals surface area (Å²) in [5.41, 5.74) is 1.51. The average molecular weight is 214 g/mol. The van der Waals surface area contributed by atoms with E-state index in [4.69, 9.17) is 16.3 Å². The van der Waals surface area contributed by atoms with Crippen LogP contribution in [0.15, 0.2) is 18.2 Å². The summed E-state index contributed by atoms with van der Waals surface area (Å²) in [5, 5.41) is 2.55. The Hall–Kier alpha value is -1.22. The number of aryl methyl sites for hydroxylation is 1. The summed E-state index contributed by atoms with van der Waals surface area (Å²) in [6.07, 6.45) is 0. The van der Waals surface area contributed by atoms with E-state index in [1.807, 2.05) is 13.0 Å². The Balaban J connectivity index is 3.08. The second-order valence-electron chi connectivity index (χ2n) is 2.83. The molecule has 0 saturated heterocycles. The number of rotatable bonds is 3. The van der Waals surface area contributed by atoms with Crippen molar-refractivity contribution in [3.8, 4) is 5.75 Å². The van der Waals surface area contributed by atoms with Crippen molar-refractivity contribution in [1.29, 1.82) is 0 Å². The molecule has 1 aromatic carbocycles. The topological polar surface area (TPSA) is 38.3 Å². The molecule has 0 aliphatic rings. The number of carbonyl (C=O) groups excluding carboxylic acids is 1. The van der Waals surface area contributed by atoms with Gasteiger partial charge >= 0.3 is 0 Å². The van der Waals surface area contributed by atoms with Gasteiger partial charge in [0.15, 0.2) is 6.07 Å². The lowest BCUT2D eigenvalue weighted by Crippen LogP contribution is -2.19. The Morgan fingerprint density at radius 3 is 2.86 bits per heavy atom. The van der Waals surface area contributed by atoms with Crippen LogP contribution in [0.25, 0.3) is 0 Å². The molecule has 1 amide bonds. The third-order valence-electron chi connectivity index (χ3n) is 1.82. The molecule has 0 heterocycles. The van der Waals surface area contributed by atoms with Gasteiger partial charge in [-0.15, -0.1) is 0 Å². The van der Waals surface area contributed by atoms with E-state index in [1.54, 1.807) is 19.2 Å². The summed E-state index contributed by atoms with van der Waals surface area (Å²) < 4.78 is 5.12. The van der Waals surface area contributed by atoms with Gasteiger partial charge in [0.25, 0.3) is 5.91 Å². The van der Waals surface area contributed by atoms with Crippen molar-refractivity contribution in [2.45, 2.75) is 6.92 Å². The monoisotopic (exact) mass is 213 g/mol. The Kier molecular flexibility index (Phi) is 3.77. The van der Waals surface area contributed by atoms with Gasteiger partial charge in [-0.1, -0.05) is 23.2 Å². The first-order valence-corrected chi connectivity index (χ1v) is 4.74. The molecule has 0 atom stereocenters. The van der Waals surface area contributed by atoms with Crippen molar-refractivity contribution in [3.63, 3.8) is 0 Å². The first kappa shape index (κ1) is 10.9. The van der Waals surface area contributed by atoms with Crippen LogP contribution in [0.3, 0.4) is 0 Å². The molecule has 0 bridgehead atoms. The van der Waals surface area contributed by atoms with Crippen LogP contribution in [0.4, 0.5) is 0 Å². The van der Waals surface area contributed by atoms with Gasteiger partial charge in [0.2, 0.25) is 0 Å². The van der Waals surface area contributed by atoms with Gasteiger partial charge in [-0.05, 0) is 19.1 Å². The predicted octanol–water partition coefficient (Wildman–Crippen LogP) is 1.93. The third-order valence-corrected chi connectivity index (χ3v) is 1.93. The molecule has 1 rings (SSSR count). The summed E-state index contributed by atoms with van der Waals surface area (Å²) >= 11 is 5.44. The van der Waals surface area contributed by atoms with Crippen molar-refractivity contribution in [3.05, 3.63) is 29.3 Å². The van der Waals surface area contributed by atoms with Gasteiger partial charge in [-0.3, -0.25) is 4.79 Å². The molecule has 0 aliphatic carbocycles. The second kappa shape index (κ2) is 4.86. The van der Waals surface area contributed by atoms with Gasteiger partial charge in [-0.2, -0.15) is 0 Å². The van der Waals surface area contributed by atoms with Crippen LogP contribution >= 0.6 is 11.6 Å². The van der Waals surface area contributed by atoms with Crippen molar-refractivity contribution in [1.82, 2.24) is 5.32 Å². The zero-order chi connectivity index (χ0) is 10.6. The number of hydrogen-bond donors (Lipinski definition) is 1. The molecular formula is C10H12ClNO2. The molecule has 0 unspecified atom stereocenters. The molecule has 0 aliphatic heterocycles. The van der Waals surface area contributed by atoms with Crippen molar-refractivity contribution in [2.75, 3.05) is 13.1 Å². The largest absolute Gasteiger partial charge is 0.477 e. The third kappa shape index (κ3) is 2.39. The lowest BCUT2D eigenvalue weighted by molar-refractivity contribution is 0.0959. The molecule has 1 N–H and O–H groups in total. The maximum atomic E-state index is 11.4. The van der Waals surface area contributed by atoms with Crippen molar-refractivity contribution >= 4 is 17.5 Å². The van der Waals surface area contributed by atoms with Crippen LogP contribution < -0.4 is 10.1 Å². The van der Waals surface area contributed by atoms with Crippen LogP contribution in [0.1, 0.15) is 15.9 Å². The average Bonchev–Trinajstić information content (AvgIpc) is 2.20. The lowest BCUT2D eigenvalue weighted by atomic mass is 10.1. The Bertz CT molecular complexity index is 339. The molecule has 3 nitrogen and oxygen atoms in total. The number of carbonyl (C=O) groups is 1. The number of nitrogens with one attached hydrogen (secondary N) is 1. The molecule has 4 heteroatoms. The highest BCUT2D eigenvalue weighted by Crippen LogP contribution is 2.20. The normalized spacial score (nSPS) is 9.64. The van der Waals surface area contributed by atoms with Gasteiger partial charge < -0.3 is 10.1 Å². The summed E-state index contributed by atoms with van der Waals surface area (Å²) in [6.45, 7) is 1.91. The molecule has 0 saturated carbocycles. The van der Waals surface area contributed by atoms with Crippen LogP contribution in [-0.4, -0.2) is 19.0 Å². The number of alkyl halides is 1. The van der Waals surface area contributed by atoms with Crippen molar-refractivity contribution in [2.24, 2.45) is 0 Å². The Labute approximate surface area is 88.0 Å². The molecular weight excluding hydrogens is 202 g/mol. The summed E-state index contributed by atoms with van der Waals surface area (Å²) in [7, 11) is 1.58. The van der Waals surface area contributed by atoms with E-state index < -0.39 is 0 Å². The molecule has 0 fully saturated rings. The molecule has 14 heavy (non-hydrogen) atoms. The van der Waals surface area contributed by atoms with Crippen LogP contribution in [0.2, 0.25) is 0 Å². The van der Waals surface area contributed by atoms with Gasteiger partial charge in [0.05, 0.1) is 5.56 Å². The van der Waals surface area contributed by atoms with Crippen LogP contribution in [0.5, 0.6) is 5.75 Å². The molecule has 76 valence electrons. The maximum Gasteiger partial charge on any atom is 0.254 e. The summed E-state index contributed by atoms with van der Waals surface area (Å²) in [6, 6.07) is 5.41. The predicted molar refractivity (Wildman–Crippen MR) is 55.9 cm³/mol. The Morgan fingerprint density at radius 2 is 2.29 bits per heavy atom. The fourth-order valence-corrected chi connectivity index (χ4v) is 1.26. The quantitative estimate of drug-likeness (QED) is 0.780. The highest BCUT2D eigenvalue weighted by atomic mass is 35.5. The lowest BCUT2D eigenvalue weighted by Gasteiger charge is -2.08. The van der Waals surface area contributed by atoms with Crippen LogP contribution in [0, 0.1) is 6.92 Å². The van der Waals surface area contributed by atoms with E-state index in [0.29, 0.717) is 11.3 Å². The SMILES string of the molecule is CNC(=O)c1cc(C)ccc1OCCl. The fourth-order valence-electron chi connectivity index (χ4n) is 1.14. The maximum absolute atomic E-state index is 11.4. The van der Waals surface area contributed by atoms with E-state index in [0.717, 1.165) is 5.56 Å². The summed E-state index contributed by atoms with van der Waals surface area (Å²) in [4.78, 5) is 11.4. The van der Waals surface area contributed by atoms with Gasteiger partial charge in [0, 0.05) is 7.05 Å². The minimum Gasteiger partial charge on any atom is -0.477 e. The Morgan fingerprint density at radius 1 is 1.57 bits per heavy atom. The zero-order valence-electron chi connectivity index (χ0n) is 8.13. The van der Waals surface area contributed by atoms with Crippen LogP contribution in [-0.2, 0) is 0 Å². The smallest absolute Gasteiger partial charge is 0.254 e. The highest BCUT2D eigenvalue weighted by Gasteiger charge is 2.10. The molecule has 1 aromatic rings. The number of hydrogen-bond acceptors (Lipinski definition) is 2. The number of benzene rings is 1. The van der Waals surface area contributed by atoms with E-state index in [9.17, 15) is 4.79 Å². The van der Waals surface area contributed by atoms with Crippen molar-refractivity contribution < 1.29 is 9.53 Å². The first-order valence-electron chi connectivity index (χ1n) is 4.20. The number of amides is 1. The van der Waals surface area contributed by atoms with E-state index in [1.165, 1.54) is 0 Å². The minimum atomic E-state index is -0.172. The van der Waals surface area contributed by atoms with E-state index >= 15 is 0 Å². The first-order chi connectivity index (χ1) is 6.69. The van der Waals surface area contributed by atoms with Gasteiger partial charge in [0.1, 0.15) is 5.75 Å². The fraction of sp³-hybridized carbons (Fsp3) is 0.300. The highest BCUT2D eigenvalue weighted by molar-refractivity contribution is 6.17. The second-order valence-corrected chi connectivity index (χ2v) is 3.05. The minimum absolute atomic E-state index is 0.0348.